The van der Waals surface area contributed by atoms with Crippen molar-refractivity contribution in [2.75, 3.05) is 0 Å². The van der Waals surface area contributed by atoms with Crippen molar-refractivity contribution >= 4 is 32.8 Å². The predicted octanol–water partition coefficient (Wildman–Crippen LogP) is 4.15. The second kappa shape index (κ2) is 5.13. The van der Waals surface area contributed by atoms with Crippen molar-refractivity contribution in [3.8, 4) is 0 Å². The van der Waals surface area contributed by atoms with Crippen LogP contribution in [0.5, 0.6) is 0 Å². The van der Waals surface area contributed by atoms with Gasteiger partial charge >= 0.3 is 5.97 Å². The molecule has 0 atom stereocenters. The molecule has 0 aliphatic rings. The fourth-order valence-corrected chi connectivity index (χ4v) is 2.77. The molecule has 0 amide bonds. The lowest BCUT2D eigenvalue weighted by atomic mass is 10.2. The second-order valence-electron chi connectivity index (χ2n) is 4.57. The average molecular weight is 330 g/mol. The number of rotatable bonds is 3. The minimum Gasteiger partial charge on any atom is -0.477 e. The van der Waals surface area contributed by atoms with Crippen molar-refractivity contribution in [1.29, 1.82) is 0 Å². The smallest absolute Gasteiger partial charge is 0.352 e. The van der Waals surface area contributed by atoms with Crippen molar-refractivity contribution in [3.63, 3.8) is 0 Å². The number of nitrogens with zero attached hydrogens (tertiary/aromatic N) is 1. The first-order valence-corrected chi connectivity index (χ1v) is 7.01. The van der Waals surface area contributed by atoms with E-state index in [9.17, 15) is 9.90 Å². The number of carboxylic acid groups (broad SMARTS) is 1. The molecule has 0 saturated carbocycles. The summed E-state index contributed by atoms with van der Waals surface area (Å²) in [5.74, 6) is -0.909. The van der Waals surface area contributed by atoms with Crippen molar-refractivity contribution in [3.05, 3.63) is 70.3 Å². The van der Waals surface area contributed by atoms with Gasteiger partial charge in [0.05, 0.1) is 0 Å². The SMILES string of the molecule is O=C(O)c1cc2ccccc2n1Cc1ccccc1Br. The van der Waals surface area contributed by atoms with Gasteiger partial charge < -0.3 is 9.67 Å². The number of carbonyl (C=O) groups is 1. The quantitative estimate of drug-likeness (QED) is 0.784. The molecule has 3 nitrogen and oxygen atoms in total. The van der Waals surface area contributed by atoms with Crippen LogP contribution in [-0.2, 0) is 6.54 Å². The highest BCUT2D eigenvalue weighted by Crippen LogP contribution is 2.24. The molecule has 0 unspecified atom stereocenters. The maximum atomic E-state index is 11.4. The van der Waals surface area contributed by atoms with Crippen LogP contribution in [0.25, 0.3) is 10.9 Å². The Kier molecular flexibility index (Phi) is 3.32. The number of halogens is 1. The van der Waals surface area contributed by atoms with E-state index in [4.69, 9.17) is 0 Å². The molecule has 1 N–H and O–H groups in total. The average Bonchev–Trinajstić information content (AvgIpc) is 2.81. The second-order valence-corrected chi connectivity index (χ2v) is 5.43. The number of para-hydroxylation sites is 1. The molecule has 4 heteroatoms. The number of hydrogen-bond acceptors (Lipinski definition) is 1. The van der Waals surface area contributed by atoms with Crippen LogP contribution >= 0.6 is 15.9 Å². The van der Waals surface area contributed by atoms with E-state index in [1.54, 1.807) is 6.07 Å². The zero-order chi connectivity index (χ0) is 14.1. The number of carboxylic acids is 1. The highest BCUT2D eigenvalue weighted by atomic mass is 79.9. The molecule has 0 saturated heterocycles. The third-order valence-electron chi connectivity index (χ3n) is 3.32. The summed E-state index contributed by atoms with van der Waals surface area (Å²) < 4.78 is 2.81. The molecule has 20 heavy (non-hydrogen) atoms. The van der Waals surface area contributed by atoms with Crippen molar-refractivity contribution in [1.82, 2.24) is 4.57 Å². The van der Waals surface area contributed by atoms with E-state index in [1.807, 2.05) is 53.1 Å². The van der Waals surface area contributed by atoms with Crippen LogP contribution in [0.1, 0.15) is 16.1 Å². The van der Waals surface area contributed by atoms with Gasteiger partial charge in [-0.2, -0.15) is 0 Å². The van der Waals surface area contributed by atoms with Crippen molar-refractivity contribution in [2.45, 2.75) is 6.54 Å². The Morgan fingerprint density at radius 2 is 1.80 bits per heavy atom. The summed E-state index contributed by atoms with van der Waals surface area (Å²) >= 11 is 3.51. The Bertz CT molecular complexity index is 792. The molecule has 100 valence electrons. The van der Waals surface area contributed by atoms with Crippen LogP contribution in [-0.4, -0.2) is 15.6 Å². The number of hydrogen-bond donors (Lipinski definition) is 1. The molecular weight excluding hydrogens is 318 g/mol. The summed E-state index contributed by atoms with van der Waals surface area (Å²) in [7, 11) is 0. The van der Waals surface area contributed by atoms with Crippen LogP contribution < -0.4 is 0 Å². The van der Waals surface area contributed by atoms with E-state index >= 15 is 0 Å². The van der Waals surface area contributed by atoms with Crippen LogP contribution in [0.4, 0.5) is 0 Å². The van der Waals surface area contributed by atoms with Gasteiger partial charge in [0, 0.05) is 21.9 Å². The summed E-state index contributed by atoms with van der Waals surface area (Å²) in [6, 6.07) is 17.3. The fraction of sp³-hybridized carbons (Fsp3) is 0.0625. The van der Waals surface area contributed by atoms with Gasteiger partial charge in [-0.25, -0.2) is 4.79 Å². The molecular formula is C16H12BrNO2. The zero-order valence-corrected chi connectivity index (χ0v) is 12.2. The topological polar surface area (TPSA) is 42.2 Å². The molecule has 3 rings (SSSR count). The molecule has 2 aromatic carbocycles. The first-order chi connectivity index (χ1) is 9.66. The minimum atomic E-state index is -0.909. The summed E-state index contributed by atoms with van der Waals surface area (Å²) in [5.41, 5.74) is 2.29. The van der Waals surface area contributed by atoms with Crippen LogP contribution in [0.3, 0.4) is 0 Å². The molecule has 1 aromatic heterocycles. The Balaban J connectivity index is 2.17. The van der Waals surface area contributed by atoms with E-state index in [-0.39, 0.29) is 0 Å². The standard InChI is InChI=1S/C16H12BrNO2/c17-13-7-3-1-6-12(13)10-18-14-8-4-2-5-11(14)9-15(18)16(19)20/h1-9H,10H2,(H,19,20). The van der Waals surface area contributed by atoms with Crippen LogP contribution in [0.15, 0.2) is 59.1 Å². The molecule has 0 aliphatic carbocycles. The van der Waals surface area contributed by atoms with Crippen LogP contribution in [0, 0.1) is 0 Å². The lowest BCUT2D eigenvalue weighted by Gasteiger charge is -2.10. The van der Waals surface area contributed by atoms with Crippen molar-refractivity contribution < 1.29 is 9.90 Å². The molecule has 0 bridgehead atoms. The number of fused-ring (bicyclic) bond motifs is 1. The Labute approximate surface area is 124 Å². The van der Waals surface area contributed by atoms with Gasteiger partial charge in [0.2, 0.25) is 0 Å². The van der Waals surface area contributed by atoms with Gasteiger partial charge in [-0.3, -0.25) is 0 Å². The molecule has 1 heterocycles. The van der Waals surface area contributed by atoms with Crippen molar-refractivity contribution in [2.24, 2.45) is 0 Å². The minimum absolute atomic E-state index is 0.307. The lowest BCUT2D eigenvalue weighted by molar-refractivity contribution is 0.0686. The Hall–Kier alpha value is -2.07. The maximum Gasteiger partial charge on any atom is 0.352 e. The lowest BCUT2D eigenvalue weighted by Crippen LogP contribution is -2.09. The molecule has 0 fully saturated rings. The van der Waals surface area contributed by atoms with Gasteiger partial charge in [0.25, 0.3) is 0 Å². The van der Waals surface area contributed by atoms with Crippen LogP contribution in [0.2, 0.25) is 0 Å². The summed E-state index contributed by atoms with van der Waals surface area (Å²) in [6.45, 7) is 0.524. The first-order valence-electron chi connectivity index (χ1n) is 6.22. The number of benzene rings is 2. The molecule has 0 spiro atoms. The maximum absolute atomic E-state index is 11.4. The summed E-state index contributed by atoms with van der Waals surface area (Å²) in [5, 5.41) is 10.3. The fourth-order valence-electron chi connectivity index (χ4n) is 2.35. The number of aromatic nitrogens is 1. The monoisotopic (exact) mass is 329 g/mol. The van der Waals surface area contributed by atoms with E-state index in [2.05, 4.69) is 15.9 Å². The first kappa shape index (κ1) is 12.9. The molecule has 0 aliphatic heterocycles. The van der Waals surface area contributed by atoms with Gasteiger partial charge in [0.15, 0.2) is 0 Å². The van der Waals surface area contributed by atoms with Gasteiger partial charge in [-0.1, -0.05) is 52.3 Å². The summed E-state index contributed by atoms with van der Waals surface area (Å²) in [6.07, 6.45) is 0. The predicted molar refractivity (Wildman–Crippen MR) is 82.1 cm³/mol. The molecule has 3 aromatic rings. The zero-order valence-electron chi connectivity index (χ0n) is 10.6. The van der Waals surface area contributed by atoms with Gasteiger partial charge in [0.1, 0.15) is 5.69 Å². The van der Waals surface area contributed by atoms with E-state index in [1.165, 1.54) is 0 Å². The van der Waals surface area contributed by atoms with E-state index < -0.39 is 5.97 Å². The van der Waals surface area contributed by atoms with Gasteiger partial charge in [-0.15, -0.1) is 0 Å². The van der Waals surface area contributed by atoms with E-state index in [0.29, 0.717) is 12.2 Å². The third kappa shape index (κ3) is 2.23. The Morgan fingerprint density at radius 3 is 2.55 bits per heavy atom. The number of aromatic carboxylic acids is 1. The largest absolute Gasteiger partial charge is 0.477 e. The normalized spacial score (nSPS) is 10.8. The van der Waals surface area contributed by atoms with Gasteiger partial charge in [-0.05, 0) is 23.8 Å². The third-order valence-corrected chi connectivity index (χ3v) is 4.09. The Morgan fingerprint density at radius 1 is 1.10 bits per heavy atom. The highest BCUT2D eigenvalue weighted by molar-refractivity contribution is 9.10. The van der Waals surface area contributed by atoms with E-state index in [0.717, 1.165) is 20.9 Å². The molecule has 0 radical (unpaired) electrons. The highest BCUT2D eigenvalue weighted by Gasteiger charge is 2.15. The summed E-state index contributed by atoms with van der Waals surface area (Å²) in [4.78, 5) is 11.4.